The summed E-state index contributed by atoms with van der Waals surface area (Å²) in [5.41, 5.74) is 22.9. The molecule has 2 spiro atoms. The van der Waals surface area contributed by atoms with E-state index in [9.17, 15) is 0 Å². The summed E-state index contributed by atoms with van der Waals surface area (Å²) in [6, 6.07) is 86.1. The molecule has 0 N–H and O–H groups in total. The molecule has 0 amide bonds. The molecule has 11 aromatic rings. The molecule has 73 heavy (non-hydrogen) atoms. The van der Waals surface area contributed by atoms with E-state index in [0.29, 0.717) is 0 Å². The Hall–Kier alpha value is -8.00. The number of anilines is 3. The number of fused-ring (bicyclic) bond motifs is 16. The van der Waals surface area contributed by atoms with Crippen molar-refractivity contribution in [2.75, 3.05) is 4.90 Å². The van der Waals surface area contributed by atoms with Crippen molar-refractivity contribution in [1.82, 2.24) is 0 Å². The van der Waals surface area contributed by atoms with Crippen LogP contribution in [0.15, 0.2) is 224 Å². The molecule has 2 fully saturated rings. The van der Waals surface area contributed by atoms with Crippen LogP contribution in [0.4, 0.5) is 17.1 Å². The Morgan fingerprint density at radius 2 is 0.685 bits per heavy atom. The first-order chi connectivity index (χ1) is 36.2. The topological polar surface area (TPSA) is 3.24 Å². The standard InChI is InChI=1S/C72H57N/c1-6-22-48(23-7-1)61-47-62(49-24-8-2-9-25-49)69-59-31-13-12-28-54(59)63-44-51(36-39-60(63)70(69)68(61)50-26-10-3-11-27-50)73(52-34-37-57-55-29-14-16-32-64(55)71(66(57)45-52)40-18-4-19-41-71)53-35-38-58-56-30-15-17-33-65(56)72(67(58)46-53)42-20-5-21-43-72/h1-3,6-17,22-39,44-47H,4-5,18-21,40-43H2. The minimum Gasteiger partial charge on any atom is -0.310 e. The molecule has 2 saturated carbocycles. The zero-order valence-electron chi connectivity index (χ0n) is 41.4. The second-order valence-corrected chi connectivity index (χ2v) is 21.6. The van der Waals surface area contributed by atoms with Gasteiger partial charge in [-0.3, -0.25) is 0 Å². The van der Waals surface area contributed by atoms with Crippen LogP contribution in [0.25, 0.3) is 88.0 Å². The van der Waals surface area contributed by atoms with Crippen LogP contribution in [-0.4, -0.2) is 0 Å². The summed E-state index contributed by atoms with van der Waals surface area (Å²) in [7, 11) is 0. The first-order valence-corrected chi connectivity index (χ1v) is 27.1. The number of rotatable bonds is 6. The van der Waals surface area contributed by atoms with Crippen molar-refractivity contribution in [1.29, 1.82) is 0 Å². The molecule has 0 atom stereocenters. The predicted octanol–water partition coefficient (Wildman–Crippen LogP) is 20.1. The van der Waals surface area contributed by atoms with Gasteiger partial charge in [0.05, 0.1) is 0 Å². The normalized spacial score (nSPS) is 15.9. The smallest absolute Gasteiger partial charge is 0.0468 e. The minimum atomic E-state index is 0.0385. The lowest BCUT2D eigenvalue weighted by Crippen LogP contribution is -2.28. The molecule has 15 rings (SSSR count). The molecule has 4 aliphatic carbocycles. The molecule has 350 valence electrons. The third kappa shape index (κ3) is 6.40. The second kappa shape index (κ2) is 16.8. The maximum atomic E-state index is 2.63. The van der Waals surface area contributed by atoms with Gasteiger partial charge in [0.2, 0.25) is 0 Å². The SMILES string of the molecule is c1ccc(-c2cc(-c3ccccc3)c3c4ccccc4c4cc(N(c5ccc6c(c5)C5(CCCCC5)c5ccccc5-6)c5ccc6c(c5)C5(CCCCC5)c5ccccc5-6)ccc4c3c2-c2ccccc2)cc1. The fourth-order valence-corrected chi connectivity index (χ4v) is 14.9. The van der Waals surface area contributed by atoms with Crippen molar-refractivity contribution in [3.05, 3.63) is 247 Å². The van der Waals surface area contributed by atoms with E-state index in [1.54, 1.807) is 0 Å². The van der Waals surface area contributed by atoms with Gasteiger partial charge in [0.15, 0.2) is 0 Å². The lowest BCUT2D eigenvalue weighted by Gasteiger charge is -2.37. The zero-order chi connectivity index (χ0) is 48.1. The molecule has 11 aromatic carbocycles. The largest absolute Gasteiger partial charge is 0.310 e. The minimum absolute atomic E-state index is 0.0385. The fraction of sp³-hybridized carbons (Fsp3) is 0.167. The molecule has 0 aliphatic heterocycles. The van der Waals surface area contributed by atoms with Crippen LogP contribution in [0, 0.1) is 0 Å². The van der Waals surface area contributed by atoms with Gasteiger partial charge in [0.25, 0.3) is 0 Å². The van der Waals surface area contributed by atoms with Gasteiger partial charge < -0.3 is 4.90 Å². The van der Waals surface area contributed by atoms with Gasteiger partial charge in [0, 0.05) is 27.9 Å². The van der Waals surface area contributed by atoms with E-state index in [2.05, 4.69) is 229 Å². The Balaban J connectivity index is 1.03. The van der Waals surface area contributed by atoms with Gasteiger partial charge in [-0.15, -0.1) is 0 Å². The van der Waals surface area contributed by atoms with Crippen molar-refractivity contribution >= 4 is 49.4 Å². The molecule has 0 radical (unpaired) electrons. The molecule has 0 heterocycles. The number of nitrogens with zero attached hydrogens (tertiary/aromatic N) is 1. The highest BCUT2D eigenvalue weighted by molar-refractivity contribution is 6.33. The Bertz CT molecular complexity index is 3850. The lowest BCUT2D eigenvalue weighted by atomic mass is 9.67. The van der Waals surface area contributed by atoms with E-state index in [1.165, 1.54) is 191 Å². The van der Waals surface area contributed by atoms with Gasteiger partial charge in [-0.1, -0.05) is 221 Å². The van der Waals surface area contributed by atoms with E-state index >= 15 is 0 Å². The van der Waals surface area contributed by atoms with Crippen LogP contribution in [0.5, 0.6) is 0 Å². The van der Waals surface area contributed by atoms with Gasteiger partial charge in [-0.05, 0) is 178 Å². The molecular formula is C72H57N. The van der Waals surface area contributed by atoms with Crippen LogP contribution < -0.4 is 4.90 Å². The second-order valence-electron chi connectivity index (χ2n) is 21.6. The average molecular weight is 936 g/mol. The molecule has 0 aromatic heterocycles. The van der Waals surface area contributed by atoms with Crippen LogP contribution in [-0.2, 0) is 10.8 Å². The van der Waals surface area contributed by atoms with Crippen LogP contribution >= 0.6 is 0 Å². The molecule has 0 bridgehead atoms. The van der Waals surface area contributed by atoms with E-state index in [4.69, 9.17) is 0 Å². The summed E-state index contributed by atoms with van der Waals surface area (Å²) in [5, 5.41) is 7.66. The fourth-order valence-electron chi connectivity index (χ4n) is 14.9. The molecule has 4 aliphatic rings. The van der Waals surface area contributed by atoms with Crippen LogP contribution in [0.2, 0.25) is 0 Å². The monoisotopic (exact) mass is 935 g/mol. The highest BCUT2D eigenvalue weighted by Crippen LogP contribution is 2.60. The summed E-state index contributed by atoms with van der Waals surface area (Å²) in [6.45, 7) is 0. The van der Waals surface area contributed by atoms with Gasteiger partial charge in [-0.2, -0.15) is 0 Å². The van der Waals surface area contributed by atoms with Crippen molar-refractivity contribution < 1.29 is 0 Å². The van der Waals surface area contributed by atoms with E-state index in [0.717, 1.165) is 0 Å². The summed E-state index contributed by atoms with van der Waals surface area (Å²) in [6.07, 6.45) is 12.5. The van der Waals surface area contributed by atoms with Crippen molar-refractivity contribution in [2.45, 2.75) is 75.0 Å². The zero-order valence-corrected chi connectivity index (χ0v) is 41.4. The summed E-state index contributed by atoms with van der Waals surface area (Å²) < 4.78 is 0. The van der Waals surface area contributed by atoms with Gasteiger partial charge in [0.1, 0.15) is 0 Å². The summed E-state index contributed by atoms with van der Waals surface area (Å²) in [4.78, 5) is 2.63. The maximum Gasteiger partial charge on any atom is 0.0468 e. The Morgan fingerprint density at radius 3 is 1.25 bits per heavy atom. The lowest BCUT2D eigenvalue weighted by molar-refractivity contribution is 0.353. The van der Waals surface area contributed by atoms with E-state index < -0.39 is 0 Å². The maximum absolute atomic E-state index is 2.63. The van der Waals surface area contributed by atoms with Crippen molar-refractivity contribution in [3.63, 3.8) is 0 Å². The van der Waals surface area contributed by atoms with Gasteiger partial charge >= 0.3 is 0 Å². The quantitative estimate of drug-likeness (QED) is 0.150. The number of hydrogen-bond acceptors (Lipinski definition) is 1. The summed E-state index contributed by atoms with van der Waals surface area (Å²) >= 11 is 0. The predicted molar refractivity (Wildman–Crippen MR) is 309 cm³/mol. The molecule has 1 heteroatoms. The number of benzene rings is 11. The van der Waals surface area contributed by atoms with E-state index in [-0.39, 0.29) is 10.8 Å². The molecule has 1 nitrogen and oxygen atoms in total. The highest BCUT2D eigenvalue weighted by atomic mass is 15.1. The number of hydrogen-bond donors (Lipinski definition) is 0. The third-order valence-corrected chi connectivity index (χ3v) is 18.0. The third-order valence-electron chi connectivity index (χ3n) is 18.0. The highest BCUT2D eigenvalue weighted by Gasteiger charge is 2.45. The van der Waals surface area contributed by atoms with E-state index in [1.807, 2.05) is 0 Å². The first-order valence-electron chi connectivity index (χ1n) is 27.1. The van der Waals surface area contributed by atoms with Crippen LogP contribution in [0.1, 0.15) is 86.5 Å². The average Bonchev–Trinajstić information content (AvgIpc) is 3.88. The Morgan fingerprint density at radius 1 is 0.260 bits per heavy atom. The molecule has 0 saturated heterocycles. The van der Waals surface area contributed by atoms with Gasteiger partial charge in [-0.25, -0.2) is 0 Å². The molecular weight excluding hydrogens is 879 g/mol. The van der Waals surface area contributed by atoms with Crippen LogP contribution in [0.3, 0.4) is 0 Å². The molecule has 0 unspecified atom stereocenters. The van der Waals surface area contributed by atoms with Crippen molar-refractivity contribution in [2.24, 2.45) is 0 Å². The Labute approximate surface area is 429 Å². The summed E-state index contributed by atoms with van der Waals surface area (Å²) in [5.74, 6) is 0. The Kier molecular flexibility index (Phi) is 9.81. The first kappa shape index (κ1) is 42.7. The van der Waals surface area contributed by atoms with Crippen molar-refractivity contribution in [3.8, 4) is 55.6 Å².